The Labute approximate surface area is 127 Å². The lowest BCUT2D eigenvalue weighted by atomic mass is 9.86. The van der Waals surface area contributed by atoms with E-state index in [0.29, 0.717) is 0 Å². The summed E-state index contributed by atoms with van der Waals surface area (Å²) in [6.45, 7) is 7.63. The first-order valence-corrected chi connectivity index (χ1v) is 8.21. The van der Waals surface area contributed by atoms with Gasteiger partial charge in [0.2, 0.25) is 0 Å². The largest absolute Gasteiger partial charge is 0.493 e. The number of benzene rings is 1. The minimum absolute atomic E-state index is 0.101. The number of nitrogens with zero attached hydrogens (tertiary/aromatic N) is 1. The van der Waals surface area contributed by atoms with Gasteiger partial charge in [-0.2, -0.15) is 0 Å². The van der Waals surface area contributed by atoms with E-state index in [0.717, 1.165) is 41.6 Å². The van der Waals surface area contributed by atoms with Gasteiger partial charge in [-0.1, -0.05) is 33.6 Å². The summed E-state index contributed by atoms with van der Waals surface area (Å²) >= 11 is 0. The van der Waals surface area contributed by atoms with Crippen molar-refractivity contribution in [2.45, 2.75) is 58.3 Å². The Morgan fingerprint density at radius 3 is 2.86 bits per heavy atom. The third kappa shape index (κ3) is 3.39. The van der Waals surface area contributed by atoms with Crippen LogP contribution in [-0.2, 0) is 5.41 Å². The normalized spacial score (nSPS) is 15.6. The number of imidazole rings is 1. The Balaban J connectivity index is 1.78. The Morgan fingerprint density at radius 1 is 1.33 bits per heavy atom. The third-order valence-electron chi connectivity index (χ3n) is 4.43. The van der Waals surface area contributed by atoms with E-state index in [2.05, 4.69) is 37.9 Å². The predicted molar refractivity (Wildman–Crippen MR) is 86.9 cm³/mol. The lowest BCUT2D eigenvalue weighted by molar-refractivity contribution is 0.300. The smallest absolute Gasteiger partial charge is 0.121 e. The van der Waals surface area contributed by atoms with E-state index in [1.54, 1.807) is 0 Å². The van der Waals surface area contributed by atoms with Crippen molar-refractivity contribution in [3.05, 3.63) is 24.0 Å². The molecule has 0 radical (unpaired) electrons. The minimum Gasteiger partial charge on any atom is -0.493 e. The van der Waals surface area contributed by atoms with Gasteiger partial charge in [0.25, 0.3) is 0 Å². The maximum absolute atomic E-state index is 5.85. The molecule has 3 rings (SSSR count). The van der Waals surface area contributed by atoms with Gasteiger partial charge in [-0.05, 0) is 37.3 Å². The molecule has 21 heavy (non-hydrogen) atoms. The molecule has 0 bridgehead atoms. The molecule has 0 aliphatic heterocycles. The van der Waals surface area contributed by atoms with E-state index in [-0.39, 0.29) is 5.41 Å². The zero-order chi connectivity index (χ0) is 14.9. The Hall–Kier alpha value is -1.51. The third-order valence-corrected chi connectivity index (χ3v) is 4.43. The molecule has 1 aliphatic rings. The lowest BCUT2D eigenvalue weighted by Gasteiger charge is -2.21. The second kappa shape index (κ2) is 5.70. The average molecular weight is 286 g/mol. The minimum atomic E-state index is 0.101. The molecule has 1 saturated carbocycles. The fourth-order valence-corrected chi connectivity index (χ4v) is 2.63. The summed E-state index contributed by atoms with van der Waals surface area (Å²) in [7, 11) is 0. The van der Waals surface area contributed by atoms with Gasteiger partial charge in [-0.15, -0.1) is 0 Å². The van der Waals surface area contributed by atoms with Crippen LogP contribution in [-0.4, -0.2) is 16.6 Å². The molecule has 0 atom stereocenters. The second-order valence-electron chi connectivity index (χ2n) is 7.01. The molecule has 3 nitrogen and oxygen atoms in total. The van der Waals surface area contributed by atoms with E-state index in [1.807, 2.05) is 6.07 Å². The number of nitrogens with one attached hydrogen (secondary N) is 1. The number of fused-ring (bicyclic) bond motifs is 1. The molecule has 0 unspecified atom stereocenters. The van der Waals surface area contributed by atoms with Crippen molar-refractivity contribution < 1.29 is 4.74 Å². The fourth-order valence-electron chi connectivity index (χ4n) is 2.63. The standard InChI is InChI=1S/C18H26N2O/c1-4-5-10-18(2,3)17-19-15-9-8-14(11-16(15)20-17)21-12-13-6-7-13/h8-9,11,13H,4-7,10,12H2,1-3H3,(H,19,20). The maximum atomic E-state index is 5.85. The van der Waals surface area contributed by atoms with Crippen LogP contribution in [0.1, 0.15) is 58.7 Å². The van der Waals surface area contributed by atoms with Crippen LogP contribution in [0.5, 0.6) is 5.75 Å². The van der Waals surface area contributed by atoms with Gasteiger partial charge in [-0.25, -0.2) is 4.98 Å². The SMILES string of the molecule is CCCCC(C)(C)c1nc2ccc(OCC3CC3)cc2[nH]1. The first-order chi connectivity index (χ1) is 10.1. The van der Waals surface area contributed by atoms with Crippen molar-refractivity contribution in [3.63, 3.8) is 0 Å². The molecule has 1 aromatic heterocycles. The van der Waals surface area contributed by atoms with Crippen LogP contribution in [0.15, 0.2) is 18.2 Å². The van der Waals surface area contributed by atoms with Crippen molar-refractivity contribution >= 4 is 11.0 Å². The van der Waals surface area contributed by atoms with E-state index in [1.165, 1.54) is 25.7 Å². The van der Waals surface area contributed by atoms with Crippen LogP contribution in [0.4, 0.5) is 0 Å². The topological polar surface area (TPSA) is 37.9 Å². The quantitative estimate of drug-likeness (QED) is 0.792. The Morgan fingerprint density at radius 2 is 2.14 bits per heavy atom. The van der Waals surface area contributed by atoms with Gasteiger partial charge in [-0.3, -0.25) is 0 Å². The van der Waals surface area contributed by atoms with Crippen LogP contribution in [0.3, 0.4) is 0 Å². The highest BCUT2D eigenvalue weighted by molar-refractivity contribution is 5.77. The number of aromatic nitrogens is 2. The number of ether oxygens (including phenoxy) is 1. The number of H-pyrrole nitrogens is 1. The monoisotopic (exact) mass is 286 g/mol. The fraction of sp³-hybridized carbons (Fsp3) is 0.611. The second-order valence-corrected chi connectivity index (χ2v) is 7.01. The van der Waals surface area contributed by atoms with Gasteiger partial charge in [0, 0.05) is 11.5 Å². The number of aromatic amines is 1. The van der Waals surface area contributed by atoms with Crippen LogP contribution in [0.2, 0.25) is 0 Å². The zero-order valence-electron chi connectivity index (χ0n) is 13.4. The van der Waals surface area contributed by atoms with Gasteiger partial charge in [0.1, 0.15) is 11.6 Å². The lowest BCUT2D eigenvalue weighted by Crippen LogP contribution is -2.18. The molecule has 114 valence electrons. The van der Waals surface area contributed by atoms with Crippen molar-refractivity contribution in [2.75, 3.05) is 6.61 Å². The number of rotatable bonds is 7. The molecule has 3 heteroatoms. The molecule has 1 N–H and O–H groups in total. The maximum Gasteiger partial charge on any atom is 0.121 e. The molecule has 1 aromatic carbocycles. The first-order valence-electron chi connectivity index (χ1n) is 8.21. The van der Waals surface area contributed by atoms with Crippen LogP contribution in [0, 0.1) is 5.92 Å². The summed E-state index contributed by atoms with van der Waals surface area (Å²) in [6.07, 6.45) is 6.26. The average Bonchev–Trinajstić information content (AvgIpc) is 3.19. The zero-order valence-corrected chi connectivity index (χ0v) is 13.4. The molecule has 0 amide bonds. The van der Waals surface area contributed by atoms with Crippen molar-refractivity contribution in [1.82, 2.24) is 9.97 Å². The summed E-state index contributed by atoms with van der Waals surface area (Å²) in [4.78, 5) is 8.27. The highest BCUT2D eigenvalue weighted by Crippen LogP contribution is 2.31. The van der Waals surface area contributed by atoms with Gasteiger partial charge in [0.05, 0.1) is 17.6 Å². The first kappa shape index (κ1) is 14.4. The Kier molecular flexibility index (Phi) is 3.92. The van der Waals surface area contributed by atoms with Gasteiger partial charge >= 0.3 is 0 Å². The molecular weight excluding hydrogens is 260 g/mol. The summed E-state index contributed by atoms with van der Waals surface area (Å²) in [5.41, 5.74) is 2.22. The predicted octanol–water partition coefficient (Wildman–Crippen LogP) is 4.82. The number of unbranched alkanes of at least 4 members (excludes halogenated alkanes) is 1. The molecule has 1 heterocycles. The highest BCUT2D eigenvalue weighted by Gasteiger charge is 2.24. The van der Waals surface area contributed by atoms with Gasteiger partial charge in [0.15, 0.2) is 0 Å². The van der Waals surface area contributed by atoms with E-state index < -0.39 is 0 Å². The summed E-state index contributed by atoms with van der Waals surface area (Å²) in [5, 5.41) is 0. The highest BCUT2D eigenvalue weighted by atomic mass is 16.5. The van der Waals surface area contributed by atoms with E-state index in [4.69, 9.17) is 9.72 Å². The molecule has 2 aromatic rings. The van der Waals surface area contributed by atoms with Gasteiger partial charge < -0.3 is 9.72 Å². The molecule has 1 aliphatic carbocycles. The summed E-state index contributed by atoms with van der Waals surface area (Å²) in [5.74, 6) is 2.83. The van der Waals surface area contributed by atoms with E-state index in [9.17, 15) is 0 Å². The summed E-state index contributed by atoms with van der Waals surface area (Å²) < 4.78 is 5.85. The van der Waals surface area contributed by atoms with E-state index >= 15 is 0 Å². The molecule has 0 spiro atoms. The number of hydrogen-bond acceptors (Lipinski definition) is 2. The van der Waals surface area contributed by atoms with Crippen LogP contribution in [0.25, 0.3) is 11.0 Å². The van der Waals surface area contributed by atoms with Crippen molar-refractivity contribution in [1.29, 1.82) is 0 Å². The van der Waals surface area contributed by atoms with Crippen molar-refractivity contribution in [2.24, 2.45) is 5.92 Å². The Bertz CT molecular complexity index is 611. The van der Waals surface area contributed by atoms with Crippen LogP contribution >= 0.6 is 0 Å². The number of hydrogen-bond donors (Lipinski definition) is 1. The van der Waals surface area contributed by atoms with Crippen LogP contribution < -0.4 is 4.74 Å². The molecule has 1 fully saturated rings. The summed E-state index contributed by atoms with van der Waals surface area (Å²) in [6, 6.07) is 6.19. The van der Waals surface area contributed by atoms with Crippen molar-refractivity contribution in [3.8, 4) is 5.75 Å². The molecular formula is C18H26N2O. The molecule has 0 saturated heterocycles.